The predicted molar refractivity (Wildman–Crippen MR) is 105 cm³/mol. The van der Waals surface area contributed by atoms with E-state index < -0.39 is 17.6 Å². The van der Waals surface area contributed by atoms with Crippen molar-refractivity contribution in [3.63, 3.8) is 0 Å². The molecule has 1 aliphatic rings. The van der Waals surface area contributed by atoms with E-state index in [0.717, 1.165) is 17.1 Å². The fourth-order valence-electron chi connectivity index (χ4n) is 3.82. The van der Waals surface area contributed by atoms with Crippen LogP contribution in [0.2, 0.25) is 0 Å². The number of halogens is 3. The van der Waals surface area contributed by atoms with E-state index in [9.17, 15) is 18.0 Å². The van der Waals surface area contributed by atoms with Gasteiger partial charge < -0.3 is 16.4 Å². The van der Waals surface area contributed by atoms with Gasteiger partial charge in [-0.05, 0) is 35.9 Å². The molecule has 150 valence electrons. The topological polar surface area (TPSA) is 80.0 Å². The van der Waals surface area contributed by atoms with Gasteiger partial charge in [0.2, 0.25) is 0 Å². The molecule has 2 heterocycles. The minimum Gasteiger partial charge on any atom is -0.380 e. The summed E-state index contributed by atoms with van der Waals surface area (Å²) in [4.78, 5) is 16.0. The summed E-state index contributed by atoms with van der Waals surface area (Å²) in [5.74, 6) is -0.704. The van der Waals surface area contributed by atoms with Crippen molar-refractivity contribution < 1.29 is 18.0 Å². The molecule has 2 aromatic carbocycles. The third-order valence-electron chi connectivity index (χ3n) is 5.23. The average molecular weight is 400 g/mol. The van der Waals surface area contributed by atoms with Crippen LogP contribution in [0.1, 0.15) is 27.4 Å². The normalized spacial score (nSPS) is 19.4. The number of benzene rings is 2. The van der Waals surface area contributed by atoms with Crippen LogP contribution < -0.4 is 16.4 Å². The number of nitrogens with two attached hydrogens (primary N) is 1. The zero-order valence-electron chi connectivity index (χ0n) is 15.3. The second-order valence-electron chi connectivity index (χ2n) is 7.06. The molecule has 2 atom stereocenters. The zero-order chi connectivity index (χ0) is 20.6. The van der Waals surface area contributed by atoms with Crippen molar-refractivity contribution in [3.05, 3.63) is 71.4 Å². The van der Waals surface area contributed by atoms with E-state index in [1.807, 2.05) is 6.07 Å². The molecule has 4 N–H and O–H groups in total. The molecule has 29 heavy (non-hydrogen) atoms. The lowest BCUT2D eigenvalue weighted by Gasteiger charge is -2.23. The Bertz CT molecular complexity index is 1070. The fraction of sp³-hybridized carbons (Fsp3) is 0.238. The predicted octanol–water partition coefficient (Wildman–Crippen LogP) is 3.52. The van der Waals surface area contributed by atoms with Crippen LogP contribution in [0, 0.1) is 0 Å². The van der Waals surface area contributed by atoms with Crippen LogP contribution in [0.5, 0.6) is 0 Å². The number of pyridine rings is 1. The largest absolute Gasteiger partial charge is 0.416 e. The Morgan fingerprint density at radius 1 is 1.14 bits per heavy atom. The molecule has 0 saturated carbocycles. The van der Waals surface area contributed by atoms with Gasteiger partial charge in [0.25, 0.3) is 5.91 Å². The fourth-order valence-corrected chi connectivity index (χ4v) is 3.82. The van der Waals surface area contributed by atoms with Crippen LogP contribution in [0.15, 0.2) is 54.7 Å². The summed E-state index contributed by atoms with van der Waals surface area (Å²) >= 11 is 0. The summed E-state index contributed by atoms with van der Waals surface area (Å²) in [7, 11) is 0. The number of carbonyl (C=O) groups excluding carboxylic acids is 1. The lowest BCUT2D eigenvalue weighted by Crippen LogP contribution is -2.27. The smallest absolute Gasteiger partial charge is 0.380 e. The maximum atomic E-state index is 13.1. The molecule has 4 rings (SSSR count). The first-order valence-electron chi connectivity index (χ1n) is 9.16. The van der Waals surface area contributed by atoms with Crippen molar-refractivity contribution in [2.24, 2.45) is 5.73 Å². The Morgan fingerprint density at radius 3 is 2.72 bits per heavy atom. The van der Waals surface area contributed by atoms with Crippen molar-refractivity contribution >= 4 is 22.5 Å². The molecule has 0 aliphatic carbocycles. The molecule has 0 bridgehead atoms. The van der Waals surface area contributed by atoms with Crippen LogP contribution >= 0.6 is 0 Å². The number of anilines is 1. The Labute approximate surface area is 165 Å². The summed E-state index contributed by atoms with van der Waals surface area (Å²) in [6.07, 6.45) is -2.79. The minimum atomic E-state index is -4.38. The number of aromatic nitrogens is 1. The van der Waals surface area contributed by atoms with Crippen molar-refractivity contribution in [1.29, 1.82) is 0 Å². The van der Waals surface area contributed by atoms with Gasteiger partial charge in [0, 0.05) is 42.3 Å². The van der Waals surface area contributed by atoms with Crippen LogP contribution in [0.25, 0.3) is 10.9 Å². The monoisotopic (exact) mass is 400 g/mol. The van der Waals surface area contributed by atoms with Gasteiger partial charge in [0.1, 0.15) is 0 Å². The molecular weight excluding hydrogens is 381 g/mol. The quantitative estimate of drug-likeness (QED) is 0.626. The number of alkyl halides is 3. The van der Waals surface area contributed by atoms with Gasteiger partial charge >= 0.3 is 6.18 Å². The molecule has 1 saturated heterocycles. The first kappa shape index (κ1) is 19.2. The van der Waals surface area contributed by atoms with E-state index in [0.29, 0.717) is 29.7 Å². The molecular formula is C21H19F3N4O. The Hall–Kier alpha value is -3.13. The van der Waals surface area contributed by atoms with Crippen LogP contribution in [-0.4, -0.2) is 30.0 Å². The van der Waals surface area contributed by atoms with Crippen molar-refractivity contribution in [2.75, 3.05) is 18.4 Å². The summed E-state index contributed by atoms with van der Waals surface area (Å²) in [5.41, 5.74) is 6.98. The summed E-state index contributed by atoms with van der Waals surface area (Å²) in [6.45, 7) is 1.16. The molecule has 1 amide bonds. The van der Waals surface area contributed by atoms with Gasteiger partial charge in [0.15, 0.2) is 0 Å². The van der Waals surface area contributed by atoms with Crippen LogP contribution in [-0.2, 0) is 6.18 Å². The van der Waals surface area contributed by atoms with Crippen LogP contribution in [0.3, 0.4) is 0 Å². The molecule has 1 fully saturated rings. The van der Waals surface area contributed by atoms with E-state index in [4.69, 9.17) is 5.73 Å². The second kappa shape index (κ2) is 7.36. The maximum Gasteiger partial charge on any atom is 0.416 e. The zero-order valence-corrected chi connectivity index (χ0v) is 15.3. The van der Waals surface area contributed by atoms with E-state index >= 15 is 0 Å². The molecule has 8 heteroatoms. The van der Waals surface area contributed by atoms with Crippen molar-refractivity contribution in [2.45, 2.75) is 18.1 Å². The first-order valence-corrected chi connectivity index (χ1v) is 9.16. The highest BCUT2D eigenvalue weighted by Crippen LogP contribution is 2.34. The summed E-state index contributed by atoms with van der Waals surface area (Å²) < 4.78 is 39.3. The number of hydrogen-bond acceptors (Lipinski definition) is 4. The van der Waals surface area contributed by atoms with Gasteiger partial charge in [-0.25, -0.2) is 0 Å². The Balaban J connectivity index is 1.67. The van der Waals surface area contributed by atoms with Crippen molar-refractivity contribution in [3.8, 4) is 0 Å². The van der Waals surface area contributed by atoms with Gasteiger partial charge in [0.05, 0.1) is 16.6 Å². The number of fused-ring (bicyclic) bond motifs is 1. The number of amides is 1. The summed E-state index contributed by atoms with van der Waals surface area (Å²) in [5, 5.41) is 7.40. The van der Waals surface area contributed by atoms with Crippen molar-refractivity contribution in [1.82, 2.24) is 10.3 Å². The maximum absolute atomic E-state index is 13.1. The standard InChI is InChI=1S/C21H19F3N4O/c22-21(23,24)13-4-1-3-12(9-13)16-10-26-11-18(16)28-17-7-6-15(20(25)29)19-14(17)5-2-8-27-19/h1-9,16,18,26,28H,10-11H2,(H2,25,29). The average Bonchev–Trinajstić information content (AvgIpc) is 3.15. The highest BCUT2D eigenvalue weighted by atomic mass is 19.4. The highest BCUT2D eigenvalue weighted by Gasteiger charge is 2.33. The number of hydrogen-bond donors (Lipinski definition) is 3. The molecule has 5 nitrogen and oxygen atoms in total. The number of carbonyl (C=O) groups is 1. The second-order valence-corrected chi connectivity index (χ2v) is 7.06. The first-order chi connectivity index (χ1) is 13.8. The minimum absolute atomic E-state index is 0.124. The van der Waals surface area contributed by atoms with Gasteiger partial charge in [-0.2, -0.15) is 13.2 Å². The van der Waals surface area contributed by atoms with Gasteiger partial charge in [-0.1, -0.05) is 18.2 Å². The van der Waals surface area contributed by atoms with E-state index in [-0.39, 0.29) is 12.0 Å². The summed E-state index contributed by atoms with van der Waals surface area (Å²) in [6, 6.07) is 12.3. The van der Waals surface area contributed by atoms with Crippen LogP contribution in [0.4, 0.5) is 18.9 Å². The lowest BCUT2D eigenvalue weighted by molar-refractivity contribution is -0.137. The Kier molecular flexibility index (Phi) is 4.87. The highest BCUT2D eigenvalue weighted by molar-refractivity contribution is 6.08. The number of primary amides is 1. The van der Waals surface area contributed by atoms with E-state index in [2.05, 4.69) is 15.6 Å². The Morgan fingerprint density at radius 2 is 1.97 bits per heavy atom. The molecule has 0 spiro atoms. The molecule has 1 aliphatic heterocycles. The third-order valence-corrected chi connectivity index (χ3v) is 5.23. The van der Waals surface area contributed by atoms with Gasteiger partial charge in [-0.3, -0.25) is 9.78 Å². The molecule has 1 aromatic heterocycles. The SMILES string of the molecule is NC(=O)c1ccc(NC2CNCC2c2cccc(C(F)(F)F)c2)c2cccnc12. The molecule has 0 radical (unpaired) electrons. The van der Waals surface area contributed by atoms with Gasteiger partial charge in [-0.15, -0.1) is 0 Å². The van der Waals surface area contributed by atoms with E-state index in [1.165, 1.54) is 12.1 Å². The lowest BCUT2D eigenvalue weighted by atomic mass is 9.92. The third kappa shape index (κ3) is 3.75. The number of nitrogens with one attached hydrogen (secondary N) is 2. The number of nitrogens with zero attached hydrogens (tertiary/aromatic N) is 1. The molecule has 2 unspecified atom stereocenters. The van der Waals surface area contributed by atoms with E-state index in [1.54, 1.807) is 30.5 Å². The number of rotatable bonds is 4. The molecule has 3 aromatic rings.